The molecule has 0 saturated heterocycles. The van der Waals surface area contributed by atoms with Crippen molar-refractivity contribution in [3.8, 4) is 12.0 Å². The molecular formula is C20H16ClN3O4. The van der Waals surface area contributed by atoms with Gasteiger partial charge in [-0.05, 0) is 43.7 Å². The van der Waals surface area contributed by atoms with Gasteiger partial charge in [0.1, 0.15) is 23.0 Å². The van der Waals surface area contributed by atoms with Crippen LogP contribution in [0.25, 0.3) is 5.88 Å². The number of benzene rings is 1. The van der Waals surface area contributed by atoms with Gasteiger partial charge in [-0.2, -0.15) is 5.26 Å². The number of ether oxygens (including phenoxy) is 1. The van der Waals surface area contributed by atoms with Crippen LogP contribution in [0.1, 0.15) is 27.2 Å². The van der Waals surface area contributed by atoms with Gasteiger partial charge in [0, 0.05) is 23.1 Å². The quantitative estimate of drug-likeness (QED) is 0.656. The molecule has 2 heterocycles. The summed E-state index contributed by atoms with van der Waals surface area (Å²) in [5.41, 5.74) is 1.41. The van der Waals surface area contributed by atoms with E-state index in [1.807, 2.05) is 13.0 Å². The fraction of sp³-hybridized carbons (Fsp3) is 0.150. The molecule has 0 aliphatic rings. The summed E-state index contributed by atoms with van der Waals surface area (Å²) in [6, 6.07) is 10.6. The Balaban J connectivity index is 1.70. The van der Waals surface area contributed by atoms with Gasteiger partial charge in [-0.25, -0.2) is 4.79 Å². The standard InChI is InChI=1S/C20H16ClN3O4/c1-12-5-6-14(9-16(12)21)23-17(25)11-27-20(26)18-13(2)28-19(15(18)10-22)24-7-3-4-8-24/h3-9H,11H2,1-2H3,(H,23,25). The van der Waals surface area contributed by atoms with Crippen LogP contribution in [0.2, 0.25) is 5.02 Å². The molecule has 0 fully saturated rings. The number of aromatic nitrogens is 1. The number of amides is 1. The molecule has 0 bridgehead atoms. The first-order valence-electron chi connectivity index (χ1n) is 8.30. The number of furan rings is 1. The Morgan fingerprint density at radius 2 is 2.00 bits per heavy atom. The van der Waals surface area contributed by atoms with Crippen molar-refractivity contribution in [2.75, 3.05) is 11.9 Å². The number of rotatable bonds is 5. The summed E-state index contributed by atoms with van der Waals surface area (Å²) in [5, 5.41) is 12.6. The highest BCUT2D eigenvalue weighted by Gasteiger charge is 2.26. The zero-order valence-corrected chi connectivity index (χ0v) is 15.9. The SMILES string of the molecule is Cc1ccc(NC(=O)COC(=O)c2c(C)oc(-n3cccc3)c2C#N)cc1Cl. The zero-order chi connectivity index (χ0) is 20.3. The van der Waals surface area contributed by atoms with Gasteiger partial charge in [-0.15, -0.1) is 0 Å². The highest BCUT2D eigenvalue weighted by molar-refractivity contribution is 6.31. The molecule has 0 unspecified atom stereocenters. The number of nitriles is 1. The lowest BCUT2D eigenvalue weighted by atomic mass is 10.1. The van der Waals surface area contributed by atoms with Crippen molar-refractivity contribution < 1.29 is 18.7 Å². The second-order valence-corrected chi connectivity index (χ2v) is 6.41. The molecule has 142 valence electrons. The normalized spacial score (nSPS) is 10.4. The van der Waals surface area contributed by atoms with Crippen molar-refractivity contribution in [1.29, 1.82) is 5.26 Å². The van der Waals surface area contributed by atoms with Crippen molar-refractivity contribution >= 4 is 29.2 Å². The van der Waals surface area contributed by atoms with E-state index in [0.29, 0.717) is 10.7 Å². The predicted octanol–water partition coefficient (Wildman–Crippen LogP) is 4.01. The molecular weight excluding hydrogens is 382 g/mol. The number of carbonyl (C=O) groups is 2. The third-order valence-corrected chi connectivity index (χ3v) is 4.42. The molecule has 7 nitrogen and oxygen atoms in total. The third-order valence-electron chi connectivity index (χ3n) is 4.01. The largest absolute Gasteiger partial charge is 0.452 e. The number of nitrogens with one attached hydrogen (secondary N) is 1. The Morgan fingerprint density at radius 3 is 2.64 bits per heavy atom. The Labute approximate surface area is 166 Å². The molecule has 0 atom stereocenters. The first-order valence-corrected chi connectivity index (χ1v) is 8.68. The van der Waals surface area contributed by atoms with Crippen molar-refractivity contribution in [1.82, 2.24) is 4.57 Å². The number of anilines is 1. The van der Waals surface area contributed by atoms with E-state index < -0.39 is 18.5 Å². The van der Waals surface area contributed by atoms with Crippen molar-refractivity contribution in [3.05, 3.63) is 70.2 Å². The summed E-state index contributed by atoms with van der Waals surface area (Å²) in [4.78, 5) is 24.5. The lowest BCUT2D eigenvalue weighted by Crippen LogP contribution is -2.21. The lowest BCUT2D eigenvalue weighted by Gasteiger charge is -2.07. The van der Waals surface area contributed by atoms with Gasteiger partial charge >= 0.3 is 5.97 Å². The third kappa shape index (κ3) is 3.92. The minimum Gasteiger partial charge on any atom is -0.452 e. The van der Waals surface area contributed by atoms with E-state index in [1.54, 1.807) is 54.2 Å². The summed E-state index contributed by atoms with van der Waals surface area (Å²) < 4.78 is 12.2. The van der Waals surface area contributed by atoms with Gasteiger partial charge in [0.05, 0.1) is 0 Å². The van der Waals surface area contributed by atoms with Crippen LogP contribution in [0, 0.1) is 25.2 Å². The Kier molecular flexibility index (Phi) is 5.52. The highest BCUT2D eigenvalue weighted by atomic mass is 35.5. The number of esters is 1. The topological polar surface area (TPSA) is 97.3 Å². The Hall–Kier alpha value is -3.50. The summed E-state index contributed by atoms with van der Waals surface area (Å²) >= 11 is 6.02. The van der Waals surface area contributed by atoms with E-state index in [2.05, 4.69) is 5.32 Å². The maximum absolute atomic E-state index is 12.4. The first kappa shape index (κ1) is 19.3. The van der Waals surface area contributed by atoms with E-state index in [-0.39, 0.29) is 22.8 Å². The summed E-state index contributed by atoms with van der Waals surface area (Å²) in [6.45, 7) is 2.88. The Bertz CT molecular complexity index is 1080. The number of carbonyl (C=O) groups excluding carboxylic acids is 2. The highest BCUT2D eigenvalue weighted by Crippen LogP contribution is 2.26. The van der Waals surface area contributed by atoms with Crippen LogP contribution in [-0.2, 0) is 9.53 Å². The van der Waals surface area contributed by atoms with Gasteiger partial charge in [0.2, 0.25) is 5.88 Å². The number of aryl methyl sites for hydroxylation is 2. The van der Waals surface area contributed by atoms with E-state index in [4.69, 9.17) is 20.8 Å². The van der Waals surface area contributed by atoms with Crippen LogP contribution in [-0.4, -0.2) is 23.1 Å². The van der Waals surface area contributed by atoms with Gasteiger partial charge in [-0.3, -0.25) is 9.36 Å². The van der Waals surface area contributed by atoms with E-state index in [1.165, 1.54) is 0 Å². The van der Waals surface area contributed by atoms with Gasteiger partial charge in [-0.1, -0.05) is 17.7 Å². The molecule has 3 aromatic rings. The van der Waals surface area contributed by atoms with Crippen LogP contribution >= 0.6 is 11.6 Å². The van der Waals surface area contributed by atoms with E-state index in [0.717, 1.165) is 5.56 Å². The minimum absolute atomic E-state index is 0.00243. The smallest absolute Gasteiger partial charge is 0.343 e. The molecule has 3 rings (SSSR count). The monoisotopic (exact) mass is 397 g/mol. The van der Waals surface area contributed by atoms with Gasteiger partial charge < -0.3 is 14.5 Å². The molecule has 0 aliphatic carbocycles. The molecule has 1 N–H and O–H groups in total. The maximum Gasteiger partial charge on any atom is 0.343 e. The predicted molar refractivity (Wildman–Crippen MR) is 103 cm³/mol. The fourth-order valence-electron chi connectivity index (χ4n) is 2.60. The first-order chi connectivity index (χ1) is 13.4. The fourth-order valence-corrected chi connectivity index (χ4v) is 2.78. The number of hydrogen-bond acceptors (Lipinski definition) is 5. The molecule has 8 heteroatoms. The summed E-state index contributed by atoms with van der Waals surface area (Å²) in [7, 11) is 0. The number of nitrogens with zero attached hydrogens (tertiary/aromatic N) is 2. The van der Waals surface area contributed by atoms with Crippen LogP contribution in [0.5, 0.6) is 0 Å². The van der Waals surface area contributed by atoms with Crippen molar-refractivity contribution in [2.24, 2.45) is 0 Å². The van der Waals surface area contributed by atoms with Gasteiger partial charge in [0.25, 0.3) is 5.91 Å². The minimum atomic E-state index is -0.812. The second kappa shape index (κ2) is 8.03. The molecule has 0 saturated carbocycles. The molecule has 0 radical (unpaired) electrons. The molecule has 0 aliphatic heterocycles. The molecule has 2 aromatic heterocycles. The molecule has 0 spiro atoms. The number of hydrogen-bond donors (Lipinski definition) is 1. The van der Waals surface area contributed by atoms with Gasteiger partial charge in [0.15, 0.2) is 6.61 Å². The van der Waals surface area contributed by atoms with Crippen LogP contribution in [0.4, 0.5) is 5.69 Å². The summed E-state index contributed by atoms with van der Waals surface area (Å²) in [6.07, 6.45) is 3.38. The molecule has 1 amide bonds. The molecule has 28 heavy (non-hydrogen) atoms. The lowest BCUT2D eigenvalue weighted by molar-refractivity contribution is -0.119. The van der Waals surface area contributed by atoms with E-state index >= 15 is 0 Å². The zero-order valence-electron chi connectivity index (χ0n) is 15.2. The van der Waals surface area contributed by atoms with E-state index in [9.17, 15) is 14.9 Å². The van der Waals surface area contributed by atoms with Crippen LogP contribution < -0.4 is 5.32 Å². The average Bonchev–Trinajstić information content (AvgIpc) is 3.30. The van der Waals surface area contributed by atoms with Crippen molar-refractivity contribution in [2.45, 2.75) is 13.8 Å². The summed E-state index contributed by atoms with van der Waals surface area (Å²) in [5.74, 6) is -0.890. The number of halogens is 1. The van der Waals surface area contributed by atoms with Crippen LogP contribution in [0.15, 0.2) is 47.1 Å². The van der Waals surface area contributed by atoms with Crippen LogP contribution in [0.3, 0.4) is 0 Å². The second-order valence-electron chi connectivity index (χ2n) is 6.00. The molecule has 1 aromatic carbocycles. The Morgan fingerprint density at radius 1 is 1.29 bits per heavy atom. The van der Waals surface area contributed by atoms with Crippen molar-refractivity contribution in [3.63, 3.8) is 0 Å². The average molecular weight is 398 g/mol. The maximum atomic E-state index is 12.4.